The van der Waals surface area contributed by atoms with Crippen LogP contribution in [0.15, 0.2) is 53.4 Å². The second kappa shape index (κ2) is 20.7. The van der Waals surface area contributed by atoms with Crippen LogP contribution in [-0.4, -0.2) is 19.1 Å². The van der Waals surface area contributed by atoms with Gasteiger partial charge in [0.15, 0.2) is 18.8 Å². The highest BCUT2D eigenvalue weighted by molar-refractivity contribution is 7.07. The molecule has 0 saturated heterocycles. The molecule has 3 rings (SSSR count). The van der Waals surface area contributed by atoms with Gasteiger partial charge in [-0.1, -0.05) is 113 Å². The average Bonchev–Trinajstić information content (AvgIpc) is 3.35. The van der Waals surface area contributed by atoms with Gasteiger partial charge in [0.05, 0.1) is 17.0 Å². The summed E-state index contributed by atoms with van der Waals surface area (Å²) in [6, 6.07) is 13.2. The zero-order valence-electron chi connectivity index (χ0n) is 24.6. The van der Waals surface area contributed by atoms with Crippen molar-refractivity contribution < 1.29 is 35.8 Å². The Bertz CT molecular complexity index is 1160. The van der Waals surface area contributed by atoms with Gasteiger partial charge < -0.3 is 31.8 Å². The first-order valence-corrected chi connectivity index (χ1v) is 16.2. The molecule has 41 heavy (non-hydrogen) atoms. The highest BCUT2D eigenvalue weighted by Gasteiger charge is 2.11. The summed E-state index contributed by atoms with van der Waals surface area (Å²) in [5.74, 6) is 0.935. The predicted molar refractivity (Wildman–Crippen MR) is 167 cm³/mol. The molecule has 0 aliphatic rings. The molecule has 0 unspecified atom stereocenters. The van der Waals surface area contributed by atoms with E-state index in [-0.39, 0.29) is 29.5 Å². The number of hydrogen-bond acceptors (Lipinski definition) is 4. The molecule has 1 amide bonds. The van der Waals surface area contributed by atoms with E-state index in [4.69, 9.17) is 21.1 Å². The third-order valence-corrected chi connectivity index (χ3v) is 8.14. The normalized spacial score (nSPS) is 10.7. The SMILES string of the molecule is CCCCCCCCCCCCCCOc1cc(OCC(=O)Nc2cccc(C[n+]3cscc3C)c2)ccc1Cl.[Br-]. The number of nitrogens with one attached hydrogen (secondary N) is 1. The number of unbranched alkanes of at least 4 members (excludes halogenated alkanes) is 11. The van der Waals surface area contributed by atoms with Crippen LogP contribution in [0.25, 0.3) is 0 Å². The van der Waals surface area contributed by atoms with Crippen molar-refractivity contribution in [1.29, 1.82) is 0 Å². The van der Waals surface area contributed by atoms with Crippen LogP contribution in [0, 0.1) is 6.92 Å². The van der Waals surface area contributed by atoms with Crippen LogP contribution in [0.1, 0.15) is 95.2 Å². The number of halogens is 2. The molecule has 0 atom stereocenters. The molecule has 0 aliphatic carbocycles. The highest BCUT2D eigenvalue weighted by atomic mass is 79.9. The minimum Gasteiger partial charge on any atom is -1.00 e. The van der Waals surface area contributed by atoms with Crippen LogP contribution in [-0.2, 0) is 11.3 Å². The van der Waals surface area contributed by atoms with E-state index >= 15 is 0 Å². The first kappa shape index (κ1) is 35.1. The van der Waals surface area contributed by atoms with Gasteiger partial charge in [-0.2, -0.15) is 4.57 Å². The topological polar surface area (TPSA) is 51.4 Å². The summed E-state index contributed by atoms with van der Waals surface area (Å²) < 4.78 is 13.8. The van der Waals surface area contributed by atoms with E-state index in [9.17, 15) is 4.79 Å². The fourth-order valence-electron chi connectivity index (χ4n) is 4.61. The molecule has 8 heteroatoms. The summed E-state index contributed by atoms with van der Waals surface area (Å²) in [7, 11) is 0. The smallest absolute Gasteiger partial charge is 0.262 e. The Hall–Kier alpha value is -2.09. The summed E-state index contributed by atoms with van der Waals surface area (Å²) in [6.07, 6.45) is 15.7. The van der Waals surface area contributed by atoms with E-state index in [0.717, 1.165) is 30.6 Å². The van der Waals surface area contributed by atoms with Crippen molar-refractivity contribution in [2.75, 3.05) is 18.5 Å². The lowest BCUT2D eigenvalue weighted by atomic mass is 10.1. The van der Waals surface area contributed by atoms with E-state index in [1.165, 1.54) is 69.9 Å². The Morgan fingerprint density at radius 3 is 2.24 bits per heavy atom. The summed E-state index contributed by atoms with van der Waals surface area (Å²) in [6.45, 7) is 5.65. The molecule has 1 aromatic heterocycles. The van der Waals surface area contributed by atoms with E-state index in [2.05, 4.69) is 40.7 Å². The van der Waals surface area contributed by atoms with Crippen molar-refractivity contribution in [3.05, 3.63) is 69.6 Å². The molecule has 2 aromatic carbocycles. The maximum absolute atomic E-state index is 12.5. The quantitative estimate of drug-likeness (QED) is 0.116. The average molecular weight is 666 g/mol. The van der Waals surface area contributed by atoms with Gasteiger partial charge in [-0.15, -0.1) is 0 Å². The summed E-state index contributed by atoms with van der Waals surface area (Å²) >= 11 is 8.01. The van der Waals surface area contributed by atoms with Gasteiger partial charge in [-0.3, -0.25) is 4.79 Å². The van der Waals surface area contributed by atoms with Gasteiger partial charge in [-0.25, -0.2) is 0 Å². The zero-order valence-corrected chi connectivity index (χ0v) is 27.8. The number of ether oxygens (including phenoxy) is 2. The zero-order chi connectivity index (χ0) is 28.4. The number of benzene rings is 2. The fraction of sp³-hybridized carbons (Fsp3) is 0.515. The van der Waals surface area contributed by atoms with Crippen molar-refractivity contribution in [1.82, 2.24) is 0 Å². The molecule has 226 valence electrons. The van der Waals surface area contributed by atoms with E-state index < -0.39 is 0 Å². The Morgan fingerprint density at radius 1 is 0.902 bits per heavy atom. The highest BCUT2D eigenvalue weighted by Crippen LogP contribution is 2.29. The van der Waals surface area contributed by atoms with Crippen LogP contribution in [0.3, 0.4) is 0 Å². The Balaban J connectivity index is 0.00000588. The number of anilines is 1. The maximum atomic E-state index is 12.5. The van der Waals surface area contributed by atoms with Crippen molar-refractivity contribution in [2.45, 2.75) is 97.4 Å². The first-order chi connectivity index (χ1) is 19.5. The van der Waals surface area contributed by atoms with Crippen LogP contribution in [0.4, 0.5) is 5.69 Å². The van der Waals surface area contributed by atoms with Crippen LogP contribution in [0.5, 0.6) is 11.5 Å². The van der Waals surface area contributed by atoms with Gasteiger partial charge in [0, 0.05) is 24.2 Å². The Morgan fingerprint density at radius 2 is 1.59 bits per heavy atom. The molecule has 1 heterocycles. The van der Waals surface area contributed by atoms with Crippen molar-refractivity contribution in [3.8, 4) is 11.5 Å². The molecule has 0 radical (unpaired) electrons. The molecule has 1 N–H and O–H groups in total. The van der Waals surface area contributed by atoms with Gasteiger partial charge in [-0.05, 0) is 30.7 Å². The summed E-state index contributed by atoms with van der Waals surface area (Å²) in [4.78, 5) is 12.5. The summed E-state index contributed by atoms with van der Waals surface area (Å²) in [5.41, 5.74) is 5.19. The number of hydrogen-bond donors (Lipinski definition) is 1. The van der Waals surface area contributed by atoms with Gasteiger partial charge >= 0.3 is 0 Å². The van der Waals surface area contributed by atoms with Crippen molar-refractivity contribution in [2.24, 2.45) is 0 Å². The largest absolute Gasteiger partial charge is 1.00 e. The second-order valence-corrected chi connectivity index (χ2v) is 11.6. The Kier molecular flexibility index (Phi) is 17.8. The predicted octanol–water partition coefficient (Wildman–Crippen LogP) is 6.15. The molecule has 0 bridgehead atoms. The minimum absolute atomic E-state index is 0. The number of aromatic nitrogens is 1. The number of thiazole rings is 1. The number of rotatable bonds is 20. The number of amides is 1. The lowest BCUT2D eigenvalue weighted by Gasteiger charge is -2.12. The first-order valence-electron chi connectivity index (χ1n) is 14.9. The van der Waals surface area contributed by atoms with Gasteiger partial charge in [0.2, 0.25) is 5.51 Å². The lowest BCUT2D eigenvalue weighted by molar-refractivity contribution is -0.689. The van der Waals surface area contributed by atoms with E-state index in [1.54, 1.807) is 29.5 Å². The van der Waals surface area contributed by atoms with Gasteiger partial charge in [0.1, 0.15) is 11.5 Å². The number of carbonyl (C=O) groups excluding carboxylic acids is 1. The molecule has 0 aliphatic heterocycles. The van der Waals surface area contributed by atoms with E-state index in [0.29, 0.717) is 23.1 Å². The number of nitrogens with zero attached hydrogens (tertiary/aromatic N) is 1. The molecule has 0 spiro atoms. The molecular weight excluding hydrogens is 620 g/mol. The number of aryl methyl sites for hydroxylation is 1. The standard InChI is InChI=1S/C33H45ClN2O3S.BrH/c1-3-4-5-6-7-8-9-10-11-12-13-14-20-38-32-22-30(18-19-31(32)34)39-24-33(37)35-29-17-15-16-28(21-29)23-36-26-40-25-27(36)2;/h15-19,21-22,25-26H,3-14,20,23-24H2,1-2H3;1H. The maximum Gasteiger partial charge on any atom is 0.262 e. The summed E-state index contributed by atoms with van der Waals surface area (Å²) in [5, 5.41) is 5.59. The third kappa shape index (κ3) is 14.1. The third-order valence-electron chi connectivity index (χ3n) is 6.97. The van der Waals surface area contributed by atoms with E-state index in [1.807, 2.05) is 18.2 Å². The number of carbonyl (C=O) groups is 1. The minimum atomic E-state index is -0.217. The molecule has 3 aromatic rings. The van der Waals surface area contributed by atoms with Crippen LogP contribution < -0.4 is 36.3 Å². The lowest BCUT2D eigenvalue weighted by Crippen LogP contribution is -3.00. The fourth-order valence-corrected chi connectivity index (χ4v) is 5.57. The monoisotopic (exact) mass is 664 g/mol. The van der Waals surface area contributed by atoms with Crippen molar-refractivity contribution >= 4 is 34.5 Å². The molecule has 5 nitrogen and oxygen atoms in total. The molecule has 0 fully saturated rings. The van der Waals surface area contributed by atoms with Crippen LogP contribution >= 0.6 is 22.9 Å². The van der Waals surface area contributed by atoms with Crippen LogP contribution in [0.2, 0.25) is 5.02 Å². The molecular formula is C33H46BrClN2O3S. The van der Waals surface area contributed by atoms with Crippen molar-refractivity contribution in [3.63, 3.8) is 0 Å². The molecule has 0 saturated carbocycles. The Labute approximate surface area is 266 Å². The second-order valence-electron chi connectivity index (χ2n) is 10.5. The van der Waals surface area contributed by atoms with Gasteiger partial charge in [0.25, 0.3) is 5.91 Å².